The van der Waals surface area contributed by atoms with Gasteiger partial charge >= 0.3 is 0 Å². The van der Waals surface area contributed by atoms with Crippen LogP contribution >= 0.6 is 11.6 Å². The van der Waals surface area contributed by atoms with Crippen LogP contribution < -0.4 is 4.90 Å². The Morgan fingerprint density at radius 3 is 2.81 bits per heavy atom. The lowest BCUT2D eigenvalue weighted by molar-refractivity contribution is 0.754. The van der Waals surface area contributed by atoms with Gasteiger partial charge in [0.05, 0.1) is 0 Å². The predicted molar refractivity (Wildman–Crippen MR) is 85.4 cm³/mol. The van der Waals surface area contributed by atoms with Gasteiger partial charge in [0, 0.05) is 24.2 Å². The van der Waals surface area contributed by atoms with Crippen LogP contribution in [0.15, 0.2) is 30.3 Å². The van der Waals surface area contributed by atoms with Gasteiger partial charge in [0.2, 0.25) is 0 Å². The van der Waals surface area contributed by atoms with Crippen molar-refractivity contribution in [1.82, 2.24) is 9.97 Å². The van der Waals surface area contributed by atoms with Crippen molar-refractivity contribution >= 4 is 23.1 Å². The van der Waals surface area contributed by atoms with Crippen LogP contribution in [-0.2, 0) is 6.42 Å². The maximum atomic E-state index is 6.23. The molecular formula is C17H18ClN3. The fraction of sp³-hybridized carbons (Fsp3) is 0.412. The quantitative estimate of drug-likeness (QED) is 0.766. The number of nitrogens with zero attached hydrogens (tertiary/aromatic N) is 3. The Balaban J connectivity index is 1.78. The highest BCUT2D eigenvalue weighted by Crippen LogP contribution is 2.40. The van der Waals surface area contributed by atoms with Crippen molar-refractivity contribution in [3.63, 3.8) is 0 Å². The standard InChI is InChI=1S/C17H18ClN3/c18-15-11-16(20-17(19-15)13-8-9-13)21-10-4-3-6-12-5-1-2-7-14(12)21/h1-2,5,7,11,13H,3-4,6,8-10H2. The Morgan fingerprint density at radius 2 is 1.95 bits per heavy atom. The zero-order valence-corrected chi connectivity index (χ0v) is 12.7. The monoisotopic (exact) mass is 299 g/mol. The first-order valence-corrected chi connectivity index (χ1v) is 8.09. The van der Waals surface area contributed by atoms with Gasteiger partial charge in [0.25, 0.3) is 0 Å². The molecule has 0 atom stereocenters. The molecule has 0 radical (unpaired) electrons. The number of para-hydroxylation sites is 1. The van der Waals surface area contributed by atoms with Crippen molar-refractivity contribution in [2.24, 2.45) is 0 Å². The zero-order chi connectivity index (χ0) is 14.2. The van der Waals surface area contributed by atoms with E-state index in [1.807, 2.05) is 6.07 Å². The Hall–Kier alpha value is -1.61. The topological polar surface area (TPSA) is 29.0 Å². The minimum atomic E-state index is 0.518. The molecule has 2 aliphatic rings. The molecule has 0 N–H and O–H groups in total. The highest BCUT2D eigenvalue weighted by atomic mass is 35.5. The Labute approximate surface area is 130 Å². The number of aryl methyl sites for hydroxylation is 1. The Morgan fingerprint density at radius 1 is 1.10 bits per heavy atom. The summed E-state index contributed by atoms with van der Waals surface area (Å²) >= 11 is 6.23. The zero-order valence-electron chi connectivity index (χ0n) is 11.9. The van der Waals surface area contributed by atoms with E-state index in [1.165, 1.54) is 36.9 Å². The number of benzene rings is 1. The molecule has 2 heterocycles. The van der Waals surface area contributed by atoms with Crippen LogP contribution in [0.3, 0.4) is 0 Å². The Kier molecular flexibility index (Phi) is 3.30. The molecule has 4 rings (SSSR count). The average Bonchev–Trinajstić information content (AvgIpc) is 3.33. The molecule has 1 aliphatic carbocycles. The fourth-order valence-corrected chi connectivity index (χ4v) is 3.20. The van der Waals surface area contributed by atoms with Gasteiger partial charge in [-0.2, -0.15) is 0 Å². The summed E-state index contributed by atoms with van der Waals surface area (Å²) in [6.07, 6.45) is 5.92. The van der Waals surface area contributed by atoms with E-state index in [1.54, 1.807) is 0 Å². The van der Waals surface area contributed by atoms with E-state index >= 15 is 0 Å². The van der Waals surface area contributed by atoms with Crippen LogP contribution in [0.5, 0.6) is 0 Å². The van der Waals surface area contributed by atoms with Crippen molar-refractivity contribution in [1.29, 1.82) is 0 Å². The lowest BCUT2D eigenvalue weighted by atomic mass is 10.1. The number of aromatic nitrogens is 2. The molecule has 3 nitrogen and oxygen atoms in total. The minimum Gasteiger partial charge on any atom is -0.326 e. The maximum Gasteiger partial charge on any atom is 0.138 e. The molecule has 1 aromatic carbocycles. The summed E-state index contributed by atoms with van der Waals surface area (Å²) in [7, 11) is 0. The van der Waals surface area contributed by atoms with Crippen LogP contribution in [0.2, 0.25) is 5.15 Å². The molecule has 0 unspecified atom stereocenters. The van der Waals surface area contributed by atoms with Crippen LogP contribution in [0.4, 0.5) is 11.5 Å². The molecule has 21 heavy (non-hydrogen) atoms. The van der Waals surface area contributed by atoms with Crippen molar-refractivity contribution in [3.8, 4) is 0 Å². The normalized spacial score (nSPS) is 18.2. The van der Waals surface area contributed by atoms with Crippen molar-refractivity contribution < 1.29 is 0 Å². The summed E-state index contributed by atoms with van der Waals surface area (Å²) in [5, 5.41) is 0.559. The van der Waals surface area contributed by atoms with Gasteiger partial charge in [-0.15, -0.1) is 0 Å². The second-order valence-corrected chi connectivity index (χ2v) is 6.31. The molecule has 0 amide bonds. The molecule has 1 saturated carbocycles. The summed E-state index contributed by atoms with van der Waals surface area (Å²) in [5.74, 6) is 2.38. The summed E-state index contributed by atoms with van der Waals surface area (Å²) in [5.41, 5.74) is 2.67. The molecule has 1 aromatic heterocycles. The van der Waals surface area contributed by atoms with E-state index in [0.29, 0.717) is 11.1 Å². The van der Waals surface area contributed by atoms with Gasteiger partial charge in [-0.05, 0) is 43.7 Å². The van der Waals surface area contributed by atoms with Gasteiger partial charge in [-0.3, -0.25) is 0 Å². The lowest BCUT2D eigenvalue weighted by Gasteiger charge is -2.24. The average molecular weight is 300 g/mol. The minimum absolute atomic E-state index is 0.518. The molecule has 0 spiro atoms. The molecule has 0 saturated heterocycles. The lowest BCUT2D eigenvalue weighted by Crippen LogP contribution is -2.20. The summed E-state index contributed by atoms with van der Waals surface area (Å²) in [6.45, 7) is 0.995. The second kappa shape index (κ2) is 5.30. The third-order valence-corrected chi connectivity index (χ3v) is 4.47. The van der Waals surface area contributed by atoms with Crippen LogP contribution in [0.25, 0.3) is 0 Å². The third-order valence-electron chi connectivity index (χ3n) is 4.28. The summed E-state index contributed by atoms with van der Waals surface area (Å²) < 4.78 is 0. The van der Waals surface area contributed by atoms with E-state index < -0.39 is 0 Å². The highest BCUT2D eigenvalue weighted by Gasteiger charge is 2.28. The number of fused-ring (bicyclic) bond motifs is 1. The molecule has 1 fully saturated rings. The largest absolute Gasteiger partial charge is 0.326 e. The fourth-order valence-electron chi connectivity index (χ4n) is 3.01. The smallest absolute Gasteiger partial charge is 0.138 e. The highest BCUT2D eigenvalue weighted by molar-refractivity contribution is 6.29. The van der Waals surface area contributed by atoms with Crippen LogP contribution in [0, 0.1) is 0 Å². The van der Waals surface area contributed by atoms with Crippen molar-refractivity contribution in [2.75, 3.05) is 11.4 Å². The SMILES string of the molecule is Clc1cc(N2CCCCc3ccccc32)nc(C2CC2)n1. The maximum absolute atomic E-state index is 6.23. The van der Waals surface area contributed by atoms with Gasteiger partial charge in [-0.1, -0.05) is 29.8 Å². The molecule has 108 valence electrons. The van der Waals surface area contributed by atoms with Crippen LogP contribution in [0.1, 0.15) is 43.0 Å². The number of anilines is 2. The summed E-state index contributed by atoms with van der Waals surface area (Å²) in [4.78, 5) is 11.5. The second-order valence-electron chi connectivity index (χ2n) is 5.92. The summed E-state index contributed by atoms with van der Waals surface area (Å²) in [6, 6.07) is 10.5. The number of hydrogen-bond acceptors (Lipinski definition) is 3. The first-order chi connectivity index (χ1) is 10.3. The molecule has 2 aromatic rings. The molecule has 0 bridgehead atoms. The van der Waals surface area contributed by atoms with E-state index in [4.69, 9.17) is 16.6 Å². The molecule has 1 aliphatic heterocycles. The number of halogens is 1. The van der Waals surface area contributed by atoms with Gasteiger partial charge in [0.1, 0.15) is 16.8 Å². The third kappa shape index (κ3) is 2.62. The molecule has 4 heteroatoms. The van der Waals surface area contributed by atoms with Crippen molar-refractivity contribution in [2.45, 2.75) is 38.0 Å². The van der Waals surface area contributed by atoms with Gasteiger partial charge in [-0.25, -0.2) is 9.97 Å². The van der Waals surface area contributed by atoms with E-state index in [-0.39, 0.29) is 0 Å². The number of rotatable bonds is 2. The van der Waals surface area contributed by atoms with E-state index in [2.05, 4.69) is 34.1 Å². The first-order valence-electron chi connectivity index (χ1n) is 7.71. The first kappa shape index (κ1) is 13.1. The Bertz CT molecular complexity index is 667. The predicted octanol–water partition coefficient (Wildman–Crippen LogP) is 4.48. The van der Waals surface area contributed by atoms with Gasteiger partial charge in [0.15, 0.2) is 0 Å². The van der Waals surface area contributed by atoms with E-state index in [0.717, 1.165) is 24.6 Å². The van der Waals surface area contributed by atoms with Crippen molar-refractivity contribution in [3.05, 3.63) is 46.9 Å². The molecular weight excluding hydrogens is 282 g/mol. The van der Waals surface area contributed by atoms with Gasteiger partial charge < -0.3 is 4.90 Å². The van der Waals surface area contributed by atoms with Crippen LogP contribution in [-0.4, -0.2) is 16.5 Å². The van der Waals surface area contributed by atoms with E-state index in [9.17, 15) is 0 Å². The number of hydrogen-bond donors (Lipinski definition) is 0.